The molecule has 20 heavy (non-hydrogen) atoms. The summed E-state index contributed by atoms with van der Waals surface area (Å²) in [5, 5.41) is 11.6. The Morgan fingerprint density at radius 3 is 2.65 bits per heavy atom. The molecule has 1 aromatic carbocycles. The van der Waals surface area contributed by atoms with Crippen LogP contribution in [-0.4, -0.2) is 20.2 Å². The first-order valence-electron chi connectivity index (χ1n) is 6.63. The molecular weight excluding hydrogens is 257 g/mol. The molecule has 0 bridgehead atoms. The molecule has 0 fully saturated rings. The summed E-state index contributed by atoms with van der Waals surface area (Å²) in [5.41, 5.74) is 6.32. The highest BCUT2D eigenvalue weighted by Gasteiger charge is 2.26. The Morgan fingerprint density at radius 1 is 1.35 bits per heavy atom. The fourth-order valence-corrected chi connectivity index (χ4v) is 1.79. The second kappa shape index (κ2) is 5.19. The maximum absolute atomic E-state index is 14.0. The Morgan fingerprint density at radius 2 is 2.05 bits per heavy atom. The predicted molar refractivity (Wildman–Crippen MR) is 76.2 cm³/mol. The molecule has 0 aliphatic rings. The van der Waals surface area contributed by atoms with Crippen molar-refractivity contribution >= 4 is 5.69 Å². The first-order chi connectivity index (χ1) is 9.31. The van der Waals surface area contributed by atoms with E-state index < -0.39 is 5.82 Å². The lowest BCUT2D eigenvalue weighted by atomic mass is 9.81. The van der Waals surface area contributed by atoms with Gasteiger partial charge in [0.2, 0.25) is 0 Å². The smallest absolute Gasteiger partial charge is 0.184 e. The fourth-order valence-electron chi connectivity index (χ4n) is 1.79. The minimum absolute atomic E-state index is 0.00835. The lowest BCUT2D eigenvalue weighted by Crippen LogP contribution is -2.26. The van der Waals surface area contributed by atoms with Gasteiger partial charge in [-0.05, 0) is 40.0 Å². The normalized spacial score (nSPS) is 12.1. The molecule has 1 heterocycles. The molecule has 0 saturated heterocycles. The topological polar surface area (TPSA) is 69.6 Å². The van der Waals surface area contributed by atoms with Gasteiger partial charge in [0.15, 0.2) is 5.82 Å². The second-order valence-electron chi connectivity index (χ2n) is 6.04. The summed E-state index contributed by atoms with van der Waals surface area (Å²) in [6.45, 7) is 9.20. The lowest BCUT2D eigenvalue weighted by Gasteiger charge is -2.29. The van der Waals surface area contributed by atoms with Crippen molar-refractivity contribution < 1.29 is 4.39 Å². The van der Waals surface area contributed by atoms with Gasteiger partial charge < -0.3 is 5.73 Å². The van der Waals surface area contributed by atoms with E-state index in [0.29, 0.717) is 29.5 Å². The number of hydrogen-bond acceptors (Lipinski definition) is 4. The lowest BCUT2D eigenvalue weighted by molar-refractivity contribution is 0.200. The zero-order valence-electron chi connectivity index (χ0n) is 12.3. The summed E-state index contributed by atoms with van der Waals surface area (Å²) in [7, 11) is 0. The SMILES string of the molecule is CC(C)C(C)(C)Cn1nnnc1-c1ccc(N)cc1F. The molecule has 108 valence electrons. The molecule has 2 N–H and O–H groups in total. The third-order valence-electron chi connectivity index (χ3n) is 3.89. The first kappa shape index (κ1) is 14.4. The Labute approximate surface area is 118 Å². The van der Waals surface area contributed by atoms with Crippen LogP contribution in [0.3, 0.4) is 0 Å². The van der Waals surface area contributed by atoms with Crippen LogP contribution in [-0.2, 0) is 6.54 Å². The van der Waals surface area contributed by atoms with E-state index in [2.05, 4.69) is 43.2 Å². The fraction of sp³-hybridized carbons (Fsp3) is 0.500. The standard InChI is InChI=1S/C14H20FN5/c1-9(2)14(3,4)8-20-13(17-18-19-20)11-6-5-10(16)7-12(11)15/h5-7,9H,8,16H2,1-4H3. The zero-order valence-corrected chi connectivity index (χ0v) is 12.3. The monoisotopic (exact) mass is 277 g/mol. The number of halogens is 1. The maximum atomic E-state index is 14.0. The number of nitrogens with zero attached hydrogens (tertiary/aromatic N) is 4. The van der Waals surface area contributed by atoms with Crippen molar-refractivity contribution in [3.63, 3.8) is 0 Å². The van der Waals surface area contributed by atoms with Gasteiger partial charge in [0.1, 0.15) is 5.82 Å². The van der Waals surface area contributed by atoms with E-state index in [0.717, 1.165) is 0 Å². The van der Waals surface area contributed by atoms with Crippen molar-refractivity contribution in [1.82, 2.24) is 20.2 Å². The summed E-state index contributed by atoms with van der Waals surface area (Å²) in [6, 6.07) is 4.53. The van der Waals surface area contributed by atoms with Crippen LogP contribution in [0.2, 0.25) is 0 Å². The van der Waals surface area contributed by atoms with E-state index in [1.54, 1.807) is 16.8 Å². The average molecular weight is 277 g/mol. The van der Waals surface area contributed by atoms with Crippen molar-refractivity contribution in [2.24, 2.45) is 11.3 Å². The molecule has 0 aliphatic heterocycles. The number of anilines is 1. The average Bonchev–Trinajstić information content (AvgIpc) is 2.76. The van der Waals surface area contributed by atoms with Crippen LogP contribution >= 0.6 is 0 Å². The van der Waals surface area contributed by atoms with Crippen LogP contribution in [0.5, 0.6) is 0 Å². The molecule has 0 atom stereocenters. The molecule has 1 aromatic heterocycles. The van der Waals surface area contributed by atoms with Gasteiger partial charge in [0, 0.05) is 5.69 Å². The Balaban J connectivity index is 2.38. The number of nitrogens with two attached hydrogens (primary N) is 1. The Kier molecular flexibility index (Phi) is 3.74. The number of nitrogen functional groups attached to an aromatic ring is 1. The van der Waals surface area contributed by atoms with Crippen LogP contribution in [0.4, 0.5) is 10.1 Å². The number of benzene rings is 1. The van der Waals surface area contributed by atoms with E-state index in [-0.39, 0.29) is 5.41 Å². The molecule has 2 rings (SSSR count). The van der Waals surface area contributed by atoms with E-state index in [1.165, 1.54) is 6.07 Å². The van der Waals surface area contributed by atoms with Crippen LogP contribution < -0.4 is 5.73 Å². The van der Waals surface area contributed by atoms with Crippen molar-refractivity contribution in [3.8, 4) is 11.4 Å². The van der Waals surface area contributed by atoms with Crippen molar-refractivity contribution in [2.75, 3.05) is 5.73 Å². The Hall–Kier alpha value is -1.98. The van der Waals surface area contributed by atoms with Crippen LogP contribution in [0, 0.1) is 17.2 Å². The summed E-state index contributed by atoms with van der Waals surface area (Å²) in [6.07, 6.45) is 0. The van der Waals surface area contributed by atoms with Crippen molar-refractivity contribution in [2.45, 2.75) is 34.2 Å². The highest BCUT2D eigenvalue weighted by atomic mass is 19.1. The minimum Gasteiger partial charge on any atom is -0.399 e. The highest BCUT2D eigenvalue weighted by Crippen LogP contribution is 2.30. The summed E-state index contributed by atoms with van der Waals surface area (Å²) in [5.74, 6) is 0.468. The third-order valence-corrected chi connectivity index (χ3v) is 3.89. The summed E-state index contributed by atoms with van der Waals surface area (Å²) < 4.78 is 15.6. The quantitative estimate of drug-likeness (QED) is 0.872. The molecule has 0 saturated carbocycles. The Bertz CT molecular complexity index is 603. The molecular formula is C14H20FN5. The number of tetrazole rings is 1. The molecule has 0 radical (unpaired) electrons. The van der Waals surface area contributed by atoms with Crippen molar-refractivity contribution in [1.29, 1.82) is 0 Å². The van der Waals surface area contributed by atoms with Gasteiger partial charge in [0.05, 0.1) is 12.1 Å². The van der Waals surface area contributed by atoms with Crippen molar-refractivity contribution in [3.05, 3.63) is 24.0 Å². The first-order valence-corrected chi connectivity index (χ1v) is 6.63. The largest absolute Gasteiger partial charge is 0.399 e. The van der Waals surface area contributed by atoms with E-state index in [4.69, 9.17) is 5.73 Å². The summed E-state index contributed by atoms with van der Waals surface area (Å²) >= 11 is 0. The van der Waals surface area contributed by atoms with Gasteiger partial charge in [-0.3, -0.25) is 0 Å². The van der Waals surface area contributed by atoms with E-state index in [1.807, 2.05) is 0 Å². The highest BCUT2D eigenvalue weighted by molar-refractivity contribution is 5.59. The minimum atomic E-state index is -0.414. The molecule has 0 spiro atoms. The maximum Gasteiger partial charge on any atom is 0.184 e. The van der Waals surface area contributed by atoms with E-state index in [9.17, 15) is 4.39 Å². The third kappa shape index (κ3) is 2.79. The molecule has 6 heteroatoms. The van der Waals surface area contributed by atoms with Crippen LogP contribution in [0.15, 0.2) is 18.2 Å². The molecule has 2 aromatic rings. The van der Waals surface area contributed by atoms with Gasteiger partial charge in [-0.25, -0.2) is 9.07 Å². The van der Waals surface area contributed by atoms with Gasteiger partial charge >= 0.3 is 0 Å². The van der Waals surface area contributed by atoms with Gasteiger partial charge in [-0.2, -0.15) is 0 Å². The van der Waals surface area contributed by atoms with E-state index >= 15 is 0 Å². The van der Waals surface area contributed by atoms with Crippen LogP contribution in [0.1, 0.15) is 27.7 Å². The zero-order chi connectivity index (χ0) is 14.9. The molecule has 0 aliphatic carbocycles. The predicted octanol–water partition coefficient (Wildman–Crippen LogP) is 2.74. The van der Waals surface area contributed by atoms with Gasteiger partial charge in [-0.15, -0.1) is 5.10 Å². The van der Waals surface area contributed by atoms with Crippen LogP contribution in [0.25, 0.3) is 11.4 Å². The molecule has 0 unspecified atom stereocenters. The van der Waals surface area contributed by atoms with Gasteiger partial charge in [-0.1, -0.05) is 27.7 Å². The number of hydrogen-bond donors (Lipinski definition) is 1. The van der Waals surface area contributed by atoms with Gasteiger partial charge in [0.25, 0.3) is 0 Å². The summed E-state index contributed by atoms with van der Waals surface area (Å²) in [4.78, 5) is 0. The number of rotatable bonds is 4. The second-order valence-corrected chi connectivity index (χ2v) is 6.04. The molecule has 0 amide bonds. The number of aromatic nitrogens is 4. The molecule has 5 nitrogen and oxygen atoms in total.